The van der Waals surface area contributed by atoms with Crippen molar-refractivity contribution in [3.8, 4) is 0 Å². The number of carboxylic acid groups (broad SMARTS) is 1. The summed E-state index contributed by atoms with van der Waals surface area (Å²) in [6.07, 6.45) is -1.58. The van der Waals surface area contributed by atoms with Gasteiger partial charge in [0, 0.05) is 0 Å². The molecule has 2 rings (SSSR count). The van der Waals surface area contributed by atoms with Crippen LogP contribution in [0.2, 0.25) is 0 Å². The number of nitrogens with zero attached hydrogens (tertiary/aromatic N) is 2. The molecular weight excluding hydrogens is 338 g/mol. The number of benzene rings is 1. The zero-order valence-electron chi connectivity index (χ0n) is 12.8. The van der Waals surface area contributed by atoms with Crippen LogP contribution in [0.15, 0.2) is 30.3 Å². The molecule has 0 saturated carbocycles. The lowest BCUT2D eigenvalue weighted by Crippen LogP contribution is -2.55. The largest absolute Gasteiger partial charge is 0.465 e. The van der Waals surface area contributed by atoms with Crippen molar-refractivity contribution in [3.63, 3.8) is 0 Å². The summed E-state index contributed by atoms with van der Waals surface area (Å²) >= 11 is 1.03. The first kappa shape index (κ1) is 17.9. The van der Waals surface area contributed by atoms with Crippen molar-refractivity contribution in [1.82, 2.24) is 10.2 Å². The van der Waals surface area contributed by atoms with Gasteiger partial charge in [-0.2, -0.15) is 0 Å². The summed E-state index contributed by atoms with van der Waals surface area (Å²) in [5, 5.41) is 20.8. The second-order valence-electron chi connectivity index (χ2n) is 5.28. The molecule has 1 saturated heterocycles. The van der Waals surface area contributed by atoms with Crippen LogP contribution in [-0.2, 0) is 11.3 Å². The van der Waals surface area contributed by atoms with Gasteiger partial charge < -0.3 is 15.3 Å². The maximum absolute atomic E-state index is 11.8. The topological polar surface area (TPSA) is 122 Å². The van der Waals surface area contributed by atoms with Crippen molar-refractivity contribution in [2.24, 2.45) is 0 Å². The fourth-order valence-electron chi connectivity index (χ4n) is 2.53. The Hall–Kier alpha value is -2.49. The maximum atomic E-state index is 11.8. The van der Waals surface area contributed by atoms with Gasteiger partial charge in [-0.15, -0.1) is 10.1 Å². The first-order valence-corrected chi connectivity index (χ1v) is 8.06. The van der Waals surface area contributed by atoms with E-state index < -0.39 is 30.0 Å². The van der Waals surface area contributed by atoms with E-state index in [0.717, 1.165) is 22.2 Å². The normalized spacial score (nSPS) is 21.0. The summed E-state index contributed by atoms with van der Waals surface area (Å²) in [5.41, 5.74) is 0.969. The summed E-state index contributed by atoms with van der Waals surface area (Å²) in [6, 6.07) is 8.58. The van der Waals surface area contributed by atoms with Crippen LogP contribution < -0.4 is 5.32 Å². The number of hydrogen-bond acceptors (Lipinski definition) is 6. The molecule has 130 valence electrons. The zero-order valence-corrected chi connectivity index (χ0v) is 13.6. The summed E-state index contributed by atoms with van der Waals surface area (Å²) in [4.78, 5) is 39.0. The quantitative estimate of drug-likeness (QED) is 0.566. The number of carbonyl (C=O) groups excluding carboxylic acids is 1. The highest BCUT2D eigenvalue weighted by molar-refractivity contribution is 8.14. The lowest BCUT2D eigenvalue weighted by Gasteiger charge is -2.33. The van der Waals surface area contributed by atoms with Crippen LogP contribution in [0.1, 0.15) is 12.5 Å². The third-order valence-electron chi connectivity index (χ3n) is 3.57. The first-order chi connectivity index (χ1) is 11.4. The Morgan fingerprint density at radius 3 is 2.75 bits per heavy atom. The van der Waals surface area contributed by atoms with E-state index in [1.54, 1.807) is 0 Å². The molecule has 0 aromatic heterocycles. The van der Waals surface area contributed by atoms with Gasteiger partial charge in [0.25, 0.3) is 10.3 Å². The van der Waals surface area contributed by atoms with Gasteiger partial charge in [0.2, 0.25) is 0 Å². The van der Waals surface area contributed by atoms with Gasteiger partial charge in [-0.1, -0.05) is 42.1 Å². The van der Waals surface area contributed by atoms with Crippen molar-refractivity contribution in [1.29, 1.82) is 0 Å². The Morgan fingerprint density at radius 1 is 1.50 bits per heavy atom. The van der Waals surface area contributed by atoms with E-state index >= 15 is 0 Å². The zero-order chi connectivity index (χ0) is 17.7. The van der Waals surface area contributed by atoms with Gasteiger partial charge in [-0.3, -0.25) is 9.69 Å². The number of hydrogen-bond donors (Lipinski definition) is 2. The molecule has 1 unspecified atom stereocenters. The molecule has 9 nitrogen and oxygen atoms in total. The van der Waals surface area contributed by atoms with Crippen LogP contribution in [0.3, 0.4) is 0 Å². The minimum atomic E-state index is -1.28. The van der Waals surface area contributed by atoms with Crippen LogP contribution in [0.5, 0.6) is 0 Å². The molecule has 24 heavy (non-hydrogen) atoms. The molecule has 0 radical (unpaired) electrons. The summed E-state index contributed by atoms with van der Waals surface area (Å²) in [6.45, 7) is 1.08. The number of amides is 2. The van der Waals surface area contributed by atoms with Gasteiger partial charge >= 0.3 is 6.09 Å². The number of rotatable bonds is 7. The fraction of sp³-hybridized carbons (Fsp3) is 0.429. The smallest absolute Gasteiger partial charge is 0.409 e. The number of nitrogens with one attached hydrogen (secondary N) is 1. The standard InChI is InChI=1S/C14H17N3O6S/c1-9(8-23-17(21)22)16(14(19)20)12-11(24-13(18)15-12)7-10-5-3-2-4-6-10/h2-6,9,11-12H,7-8H2,1H3,(H,15,18)(H,19,20)/t9-,11?,12+/m0/s1. The van der Waals surface area contributed by atoms with Crippen LogP contribution in [0, 0.1) is 10.1 Å². The summed E-state index contributed by atoms with van der Waals surface area (Å²) in [7, 11) is 0. The molecule has 3 atom stereocenters. The van der Waals surface area contributed by atoms with E-state index in [4.69, 9.17) is 0 Å². The summed E-state index contributed by atoms with van der Waals surface area (Å²) in [5.74, 6) is 0. The Morgan fingerprint density at radius 2 is 2.17 bits per heavy atom. The molecule has 0 spiro atoms. The van der Waals surface area contributed by atoms with Crippen molar-refractivity contribution in [2.45, 2.75) is 30.8 Å². The molecule has 2 N–H and O–H groups in total. The molecule has 1 aliphatic heterocycles. The number of thioether (sulfide) groups is 1. The molecule has 2 amide bonds. The third kappa shape index (κ3) is 4.51. The first-order valence-electron chi connectivity index (χ1n) is 7.18. The van der Waals surface area contributed by atoms with Gasteiger partial charge in [-0.05, 0) is 18.9 Å². The molecule has 1 aromatic carbocycles. The van der Waals surface area contributed by atoms with Crippen LogP contribution in [0.4, 0.5) is 9.59 Å². The summed E-state index contributed by atoms with van der Waals surface area (Å²) < 4.78 is 0. The van der Waals surface area contributed by atoms with E-state index in [-0.39, 0.29) is 10.5 Å². The SMILES string of the molecule is C[C@@H](CO[N+](=O)[O-])N(C(=O)O)[C@H]1NC(=O)SC1Cc1ccccc1. The second kappa shape index (κ2) is 7.86. The minimum absolute atomic E-state index is 0.324. The highest BCUT2D eigenvalue weighted by atomic mass is 32.2. The molecule has 1 aromatic rings. The third-order valence-corrected chi connectivity index (χ3v) is 4.63. The highest BCUT2D eigenvalue weighted by Crippen LogP contribution is 2.30. The van der Waals surface area contributed by atoms with Crippen LogP contribution >= 0.6 is 11.8 Å². The maximum Gasteiger partial charge on any atom is 0.409 e. The van der Waals surface area contributed by atoms with Crippen molar-refractivity contribution < 1.29 is 24.6 Å². The molecule has 10 heteroatoms. The molecule has 0 bridgehead atoms. The van der Waals surface area contributed by atoms with E-state index in [2.05, 4.69) is 10.2 Å². The number of carbonyl (C=O) groups is 2. The van der Waals surface area contributed by atoms with Crippen molar-refractivity contribution in [3.05, 3.63) is 46.0 Å². The van der Waals surface area contributed by atoms with E-state index in [1.807, 2.05) is 30.3 Å². The van der Waals surface area contributed by atoms with Gasteiger partial charge in [0.1, 0.15) is 12.8 Å². The molecule has 1 fully saturated rings. The average molecular weight is 355 g/mol. The van der Waals surface area contributed by atoms with E-state index in [1.165, 1.54) is 6.92 Å². The van der Waals surface area contributed by atoms with E-state index in [9.17, 15) is 24.8 Å². The predicted octanol–water partition coefficient (Wildman–Crippen LogP) is 1.96. The Bertz CT molecular complexity index is 614. The van der Waals surface area contributed by atoms with E-state index in [0.29, 0.717) is 6.42 Å². The average Bonchev–Trinajstić information content (AvgIpc) is 2.86. The lowest BCUT2D eigenvalue weighted by molar-refractivity contribution is -0.758. The predicted molar refractivity (Wildman–Crippen MR) is 86.1 cm³/mol. The van der Waals surface area contributed by atoms with Gasteiger partial charge in [-0.25, -0.2) is 4.79 Å². The van der Waals surface area contributed by atoms with Crippen LogP contribution in [-0.4, -0.2) is 50.5 Å². The Kier molecular flexibility index (Phi) is 5.85. The Balaban J connectivity index is 2.15. The molecule has 0 aliphatic carbocycles. The van der Waals surface area contributed by atoms with Crippen LogP contribution in [0.25, 0.3) is 0 Å². The Labute approximate surface area is 142 Å². The lowest BCUT2D eigenvalue weighted by atomic mass is 10.1. The minimum Gasteiger partial charge on any atom is -0.465 e. The molecular formula is C14H17N3O6S. The fourth-order valence-corrected chi connectivity index (χ4v) is 3.60. The molecule has 1 aliphatic rings. The van der Waals surface area contributed by atoms with Gasteiger partial charge in [0.15, 0.2) is 0 Å². The second-order valence-corrected chi connectivity index (χ2v) is 6.49. The monoisotopic (exact) mass is 355 g/mol. The highest BCUT2D eigenvalue weighted by Gasteiger charge is 2.41. The van der Waals surface area contributed by atoms with Crippen molar-refractivity contribution in [2.75, 3.05) is 6.61 Å². The molecule has 1 heterocycles. The van der Waals surface area contributed by atoms with Crippen molar-refractivity contribution >= 4 is 23.1 Å². The van der Waals surface area contributed by atoms with Gasteiger partial charge in [0.05, 0.1) is 11.3 Å².